The summed E-state index contributed by atoms with van der Waals surface area (Å²) in [6.07, 6.45) is 3.61. The molecule has 1 aromatic carbocycles. The van der Waals surface area contributed by atoms with Crippen molar-refractivity contribution in [1.82, 2.24) is 19.5 Å². The van der Waals surface area contributed by atoms with Crippen LogP contribution in [0.4, 0.5) is 11.7 Å². The van der Waals surface area contributed by atoms with Gasteiger partial charge in [0.1, 0.15) is 22.9 Å². The first-order valence-electron chi connectivity index (χ1n) is 11.9. The average Bonchev–Trinajstić information content (AvgIpc) is 3.39. The molecule has 1 amide bonds. The number of imidazole rings is 1. The number of nitrogens with one attached hydrogen (secondary N) is 1. The number of rotatable bonds is 5. The number of hydrogen-bond acceptors (Lipinski definition) is 6. The van der Waals surface area contributed by atoms with E-state index in [-0.39, 0.29) is 29.8 Å². The van der Waals surface area contributed by atoms with Gasteiger partial charge in [-0.2, -0.15) is 0 Å². The van der Waals surface area contributed by atoms with Gasteiger partial charge >= 0.3 is 0 Å². The summed E-state index contributed by atoms with van der Waals surface area (Å²) in [7, 11) is 0. The van der Waals surface area contributed by atoms with Gasteiger partial charge in [0.05, 0.1) is 12.1 Å². The zero-order valence-electron chi connectivity index (χ0n) is 21.5. The van der Waals surface area contributed by atoms with Crippen molar-refractivity contribution < 1.29 is 13.4 Å². The fraction of sp³-hybridized carbons (Fsp3) is 0.333. The highest BCUT2D eigenvalue weighted by molar-refractivity contribution is 5.91. The maximum Gasteiger partial charge on any atom is 0.231 e. The van der Waals surface area contributed by atoms with Gasteiger partial charge in [0.2, 0.25) is 11.8 Å². The number of nitrogen functional groups attached to an aromatic ring is 1. The Hall–Kier alpha value is -3.68. The van der Waals surface area contributed by atoms with E-state index < -0.39 is 12.3 Å². The van der Waals surface area contributed by atoms with Crippen LogP contribution in [0.5, 0.6) is 0 Å². The molecule has 8 heteroatoms. The molecule has 32 heavy (non-hydrogen) atoms. The lowest BCUT2D eigenvalue weighted by molar-refractivity contribution is -0.115. The predicted molar refractivity (Wildman–Crippen MR) is 124 cm³/mol. The van der Waals surface area contributed by atoms with Crippen LogP contribution in [0.15, 0.2) is 47.2 Å². The largest absolute Gasteiger partial charge is 0.382 e. The van der Waals surface area contributed by atoms with Crippen molar-refractivity contribution in [2.75, 3.05) is 11.1 Å². The summed E-state index contributed by atoms with van der Waals surface area (Å²) in [6.45, 7) is 4.99. The SMILES string of the molecule is [2H]C([2H])([2H])C(C)(C)c1cc(NC(=O)Cc2ccc(-c3nc(C(C)C)n4ccnc(N)c34)cc2)on1. The number of benzene rings is 1. The highest BCUT2D eigenvalue weighted by Gasteiger charge is 2.20. The zero-order chi connectivity index (χ0) is 25.5. The molecule has 0 unspecified atom stereocenters. The maximum atomic E-state index is 12.5. The van der Waals surface area contributed by atoms with Gasteiger partial charge in [-0.15, -0.1) is 0 Å². The van der Waals surface area contributed by atoms with E-state index in [4.69, 9.17) is 19.4 Å². The molecule has 0 radical (unpaired) electrons. The van der Waals surface area contributed by atoms with Crippen LogP contribution in [0, 0.1) is 0 Å². The van der Waals surface area contributed by atoms with Crippen LogP contribution >= 0.6 is 0 Å². The molecular formula is C24H28N6O2. The lowest BCUT2D eigenvalue weighted by atomic mass is 9.92. The molecule has 0 aliphatic rings. The van der Waals surface area contributed by atoms with Gasteiger partial charge in [-0.05, 0) is 5.56 Å². The molecule has 4 rings (SSSR count). The third-order valence-electron chi connectivity index (χ3n) is 5.13. The number of hydrogen-bond donors (Lipinski definition) is 2. The van der Waals surface area contributed by atoms with Crippen molar-refractivity contribution >= 4 is 23.1 Å². The number of carbonyl (C=O) groups is 1. The van der Waals surface area contributed by atoms with E-state index in [0.29, 0.717) is 5.82 Å². The normalized spacial score (nSPS) is 13.7. The van der Waals surface area contributed by atoms with E-state index >= 15 is 0 Å². The second-order valence-corrected chi connectivity index (χ2v) is 8.63. The molecule has 8 nitrogen and oxygen atoms in total. The van der Waals surface area contributed by atoms with E-state index in [1.54, 1.807) is 20.0 Å². The Morgan fingerprint density at radius 3 is 2.75 bits per heavy atom. The lowest BCUT2D eigenvalue weighted by Gasteiger charge is -2.12. The smallest absolute Gasteiger partial charge is 0.231 e. The number of carbonyl (C=O) groups excluding carboxylic acids is 1. The van der Waals surface area contributed by atoms with Crippen LogP contribution in [0.25, 0.3) is 16.8 Å². The minimum Gasteiger partial charge on any atom is -0.382 e. The topological polar surface area (TPSA) is 111 Å². The van der Waals surface area contributed by atoms with Crippen molar-refractivity contribution in [3.05, 3.63) is 59.8 Å². The first kappa shape index (κ1) is 17.9. The molecule has 0 saturated carbocycles. The van der Waals surface area contributed by atoms with Crippen molar-refractivity contribution in [3.8, 4) is 11.3 Å². The average molecular weight is 436 g/mol. The number of anilines is 2. The zero-order valence-corrected chi connectivity index (χ0v) is 18.5. The Labute approximate surface area is 191 Å². The summed E-state index contributed by atoms with van der Waals surface area (Å²) < 4.78 is 30.1. The van der Waals surface area contributed by atoms with E-state index in [1.807, 2.05) is 34.9 Å². The third kappa shape index (κ3) is 4.21. The number of amides is 1. The lowest BCUT2D eigenvalue weighted by Crippen LogP contribution is -2.14. The Morgan fingerprint density at radius 2 is 2.06 bits per heavy atom. The Morgan fingerprint density at radius 1 is 1.31 bits per heavy atom. The molecular weight excluding hydrogens is 404 g/mol. The monoisotopic (exact) mass is 435 g/mol. The minimum absolute atomic E-state index is 0.101. The molecule has 0 aliphatic heterocycles. The second kappa shape index (κ2) is 8.11. The summed E-state index contributed by atoms with van der Waals surface area (Å²) >= 11 is 0. The van der Waals surface area contributed by atoms with E-state index in [0.717, 1.165) is 28.2 Å². The Kier molecular flexibility index (Phi) is 4.55. The summed E-state index contributed by atoms with van der Waals surface area (Å²) in [5.74, 6) is 1.28. The molecule has 0 fully saturated rings. The first-order valence-corrected chi connectivity index (χ1v) is 10.4. The minimum atomic E-state index is -2.26. The number of nitrogens with two attached hydrogens (primary N) is 1. The van der Waals surface area contributed by atoms with Gasteiger partial charge in [0, 0.05) is 39.5 Å². The number of nitrogens with zero attached hydrogens (tertiary/aromatic N) is 4. The van der Waals surface area contributed by atoms with Crippen LogP contribution in [0.1, 0.15) is 61.7 Å². The second-order valence-electron chi connectivity index (χ2n) is 8.63. The number of fused-ring (bicyclic) bond motifs is 1. The van der Waals surface area contributed by atoms with E-state index in [1.165, 1.54) is 6.07 Å². The maximum absolute atomic E-state index is 12.5. The molecule has 3 N–H and O–H groups in total. The van der Waals surface area contributed by atoms with Gasteiger partial charge < -0.3 is 10.3 Å². The van der Waals surface area contributed by atoms with Gasteiger partial charge in [0.25, 0.3) is 0 Å². The van der Waals surface area contributed by atoms with Crippen molar-refractivity contribution in [3.63, 3.8) is 0 Å². The Balaban J connectivity index is 1.50. The molecule has 0 aliphatic carbocycles. The summed E-state index contributed by atoms with van der Waals surface area (Å²) in [5, 5.41) is 6.47. The quantitative estimate of drug-likeness (QED) is 0.475. The Bertz CT molecular complexity index is 1370. The highest BCUT2D eigenvalue weighted by Crippen LogP contribution is 2.30. The molecule has 0 spiro atoms. The summed E-state index contributed by atoms with van der Waals surface area (Å²) in [4.78, 5) is 21.6. The van der Waals surface area contributed by atoms with E-state index in [9.17, 15) is 4.79 Å². The van der Waals surface area contributed by atoms with Gasteiger partial charge in [-0.3, -0.25) is 14.5 Å². The molecule has 3 aromatic heterocycles. The van der Waals surface area contributed by atoms with Crippen molar-refractivity contribution in [2.45, 2.75) is 52.3 Å². The van der Waals surface area contributed by atoms with Crippen LogP contribution in [0.2, 0.25) is 0 Å². The highest BCUT2D eigenvalue weighted by atomic mass is 16.5. The van der Waals surface area contributed by atoms with Gasteiger partial charge in [-0.1, -0.05) is 64.0 Å². The van der Waals surface area contributed by atoms with Crippen LogP contribution in [0.3, 0.4) is 0 Å². The third-order valence-corrected chi connectivity index (χ3v) is 5.13. The molecule has 4 aromatic rings. The van der Waals surface area contributed by atoms with Crippen LogP contribution in [-0.2, 0) is 16.6 Å². The molecule has 0 saturated heterocycles. The van der Waals surface area contributed by atoms with Gasteiger partial charge in [-0.25, -0.2) is 9.97 Å². The van der Waals surface area contributed by atoms with Crippen LogP contribution in [-0.4, -0.2) is 25.4 Å². The fourth-order valence-corrected chi connectivity index (χ4v) is 3.47. The summed E-state index contributed by atoms with van der Waals surface area (Å²) in [5.41, 5.74) is 8.34. The molecule has 166 valence electrons. The molecule has 0 bridgehead atoms. The number of aromatic nitrogens is 4. The van der Waals surface area contributed by atoms with Crippen LogP contribution < -0.4 is 11.1 Å². The molecule has 0 atom stereocenters. The van der Waals surface area contributed by atoms with E-state index in [2.05, 4.69) is 29.3 Å². The van der Waals surface area contributed by atoms with Crippen molar-refractivity contribution in [2.24, 2.45) is 0 Å². The first-order chi connectivity index (χ1) is 16.4. The standard InChI is InChI=1S/C24H28N6O2/c1-14(2)23-28-20(21-22(25)26-10-11-30(21)23)16-8-6-15(7-9-16)12-18(31)27-19-13-17(29-32-19)24(3,4)5/h6-11,13-14H,12H2,1-5H3,(H2,25,26)(H,27,31)/i3D3. The molecule has 3 heterocycles. The predicted octanol–water partition coefficient (Wildman–Crippen LogP) is 4.57. The fourth-order valence-electron chi connectivity index (χ4n) is 3.47. The summed E-state index contributed by atoms with van der Waals surface area (Å²) in [6, 6.07) is 8.94. The van der Waals surface area contributed by atoms with Crippen molar-refractivity contribution in [1.29, 1.82) is 0 Å². The van der Waals surface area contributed by atoms with Gasteiger partial charge in [0.15, 0.2) is 0 Å².